The molecule has 0 atom stereocenters. The molecule has 0 N–H and O–H groups in total. The molecule has 0 saturated carbocycles. The highest BCUT2D eigenvalue weighted by atomic mass is 35.5. The van der Waals surface area contributed by atoms with Crippen molar-refractivity contribution in [1.29, 1.82) is 0 Å². The standard InChI is InChI=1S/C21H24ClNO5S/c1-3-27-17-4-7-19(8-5-17)29(25,26)23-12-10-16(11-13-23)21(24)28-18-6-9-20(22)15(2)14-18/h4-9,14,16H,3,10-13H2,1-2H3. The Hall–Kier alpha value is -2.09. The molecule has 1 saturated heterocycles. The molecule has 156 valence electrons. The summed E-state index contributed by atoms with van der Waals surface area (Å²) >= 11 is 5.99. The Bertz CT molecular complexity index is 967. The highest BCUT2D eigenvalue weighted by Crippen LogP contribution is 2.27. The van der Waals surface area contributed by atoms with Crippen LogP contribution in [0.15, 0.2) is 47.4 Å². The molecule has 1 aliphatic heterocycles. The summed E-state index contributed by atoms with van der Waals surface area (Å²) in [4.78, 5) is 12.7. The number of benzene rings is 2. The van der Waals surface area contributed by atoms with Crippen LogP contribution in [0.3, 0.4) is 0 Å². The van der Waals surface area contributed by atoms with Crippen molar-refractivity contribution in [3.05, 3.63) is 53.1 Å². The van der Waals surface area contributed by atoms with E-state index in [-0.39, 0.29) is 29.9 Å². The predicted molar refractivity (Wildman–Crippen MR) is 111 cm³/mol. The maximum absolute atomic E-state index is 12.8. The SMILES string of the molecule is CCOc1ccc(S(=O)(=O)N2CCC(C(=O)Oc3ccc(Cl)c(C)c3)CC2)cc1. The van der Waals surface area contributed by atoms with E-state index in [0.717, 1.165) is 5.56 Å². The van der Waals surface area contributed by atoms with Crippen molar-refractivity contribution in [2.24, 2.45) is 5.92 Å². The number of carbonyl (C=O) groups is 1. The van der Waals surface area contributed by atoms with Crippen molar-refractivity contribution in [3.8, 4) is 11.5 Å². The summed E-state index contributed by atoms with van der Waals surface area (Å²) < 4.78 is 37.9. The average molecular weight is 438 g/mol. The Labute approximate surface area is 176 Å². The van der Waals surface area contributed by atoms with Crippen LogP contribution in [0.25, 0.3) is 0 Å². The number of piperidine rings is 1. The van der Waals surface area contributed by atoms with Gasteiger partial charge in [0, 0.05) is 18.1 Å². The first-order chi connectivity index (χ1) is 13.8. The van der Waals surface area contributed by atoms with E-state index in [0.29, 0.717) is 36.0 Å². The molecule has 3 rings (SSSR count). The van der Waals surface area contributed by atoms with Gasteiger partial charge in [0.15, 0.2) is 0 Å². The molecule has 2 aromatic carbocycles. The third-order valence-corrected chi connectivity index (χ3v) is 7.24. The van der Waals surface area contributed by atoms with Crippen LogP contribution in [0.2, 0.25) is 5.02 Å². The number of aryl methyl sites for hydroxylation is 1. The number of hydrogen-bond donors (Lipinski definition) is 0. The second-order valence-corrected chi connectivity index (χ2v) is 9.26. The molecule has 29 heavy (non-hydrogen) atoms. The fourth-order valence-electron chi connectivity index (χ4n) is 3.24. The second kappa shape index (κ2) is 9.15. The predicted octanol–water partition coefficient (Wildman–Crippen LogP) is 4.05. The summed E-state index contributed by atoms with van der Waals surface area (Å²) in [5.74, 6) is 0.397. The highest BCUT2D eigenvalue weighted by molar-refractivity contribution is 7.89. The zero-order chi connectivity index (χ0) is 21.0. The van der Waals surface area contributed by atoms with Crippen LogP contribution in [0.4, 0.5) is 0 Å². The first-order valence-corrected chi connectivity index (χ1v) is 11.3. The summed E-state index contributed by atoms with van der Waals surface area (Å²) in [6.45, 7) is 4.77. The number of sulfonamides is 1. The summed E-state index contributed by atoms with van der Waals surface area (Å²) in [5, 5.41) is 0.609. The molecule has 1 fully saturated rings. The van der Waals surface area contributed by atoms with Gasteiger partial charge in [0.25, 0.3) is 0 Å². The molecule has 6 nitrogen and oxygen atoms in total. The van der Waals surface area contributed by atoms with E-state index in [9.17, 15) is 13.2 Å². The smallest absolute Gasteiger partial charge is 0.314 e. The van der Waals surface area contributed by atoms with Crippen LogP contribution in [0, 0.1) is 12.8 Å². The number of rotatable bonds is 6. The summed E-state index contributed by atoms with van der Waals surface area (Å²) in [6.07, 6.45) is 0.837. The minimum atomic E-state index is -3.60. The number of carbonyl (C=O) groups excluding carboxylic acids is 1. The minimum absolute atomic E-state index is 0.221. The fraction of sp³-hybridized carbons (Fsp3) is 0.381. The van der Waals surface area contributed by atoms with Gasteiger partial charge in [-0.2, -0.15) is 4.31 Å². The zero-order valence-electron chi connectivity index (χ0n) is 16.4. The Kier molecular flexibility index (Phi) is 6.82. The van der Waals surface area contributed by atoms with E-state index in [1.165, 1.54) is 4.31 Å². The van der Waals surface area contributed by atoms with Crippen LogP contribution < -0.4 is 9.47 Å². The monoisotopic (exact) mass is 437 g/mol. The molecule has 0 amide bonds. The normalized spacial score (nSPS) is 15.8. The number of halogens is 1. The van der Waals surface area contributed by atoms with Crippen molar-refractivity contribution in [1.82, 2.24) is 4.31 Å². The lowest BCUT2D eigenvalue weighted by Gasteiger charge is -2.30. The van der Waals surface area contributed by atoms with Gasteiger partial charge in [-0.1, -0.05) is 11.6 Å². The minimum Gasteiger partial charge on any atom is -0.494 e. The van der Waals surface area contributed by atoms with E-state index in [1.807, 2.05) is 13.8 Å². The van der Waals surface area contributed by atoms with Crippen molar-refractivity contribution in [2.75, 3.05) is 19.7 Å². The number of esters is 1. The first kappa shape index (κ1) is 21.6. The third kappa shape index (κ3) is 5.10. The maximum atomic E-state index is 12.8. The van der Waals surface area contributed by atoms with Crippen LogP contribution in [0.1, 0.15) is 25.3 Å². The molecule has 8 heteroatoms. The van der Waals surface area contributed by atoms with Crippen LogP contribution in [0.5, 0.6) is 11.5 Å². The molecule has 0 aliphatic carbocycles. The van der Waals surface area contributed by atoms with Gasteiger partial charge in [-0.25, -0.2) is 8.42 Å². The average Bonchev–Trinajstić information content (AvgIpc) is 2.71. The number of hydrogen-bond acceptors (Lipinski definition) is 5. The lowest BCUT2D eigenvalue weighted by Crippen LogP contribution is -2.41. The quantitative estimate of drug-likeness (QED) is 0.503. The van der Waals surface area contributed by atoms with Crippen molar-refractivity contribution in [3.63, 3.8) is 0 Å². The lowest BCUT2D eigenvalue weighted by atomic mass is 9.98. The summed E-state index contributed by atoms with van der Waals surface area (Å²) in [5.41, 5.74) is 0.827. The van der Waals surface area contributed by atoms with Crippen LogP contribution in [-0.2, 0) is 14.8 Å². The van der Waals surface area contributed by atoms with Gasteiger partial charge in [0.1, 0.15) is 11.5 Å². The van der Waals surface area contributed by atoms with Gasteiger partial charge in [-0.3, -0.25) is 4.79 Å². The van der Waals surface area contributed by atoms with E-state index < -0.39 is 10.0 Å². The third-order valence-electron chi connectivity index (χ3n) is 4.91. The lowest BCUT2D eigenvalue weighted by molar-refractivity contribution is -0.140. The molecular weight excluding hydrogens is 414 g/mol. The molecule has 0 spiro atoms. The van der Waals surface area contributed by atoms with Crippen LogP contribution in [-0.4, -0.2) is 38.4 Å². The maximum Gasteiger partial charge on any atom is 0.314 e. The van der Waals surface area contributed by atoms with Crippen LogP contribution >= 0.6 is 11.6 Å². The fourth-order valence-corrected chi connectivity index (χ4v) is 4.82. The van der Waals surface area contributed by atoms with Crippen molar-refractivity contribution in [2.45, 2.75) is 31.6 Å². The Morgan fingerprint density at radius 3 is 2.31 bits per heavy atom. The van der Waals surface area contributed by atoms with Gasteiger partial charge < -0.3 is 9.47 Å². The number of ether oxygens (including phenoxy) is 2. The Balaban J connectivity index is 1.60. The van der Waals surface area contributed by atoms with E-state index >= 15 is 0 Å². The molecule has 0 bridgehead atoms. The Morgan fingerprint density at radius 1 is 1.10 bits per heavy atom. The molecule has 1 heterocycles. The molecule has 2 aromatic rings. The van der Waals surface area contributed by atoms with Crippen molar-refractivity contribution >= 4 is 27.6 Å². The van der Waals surface area contributed by atoms with Gasteiger partial charge in [0.2, 0.25) is 10.0 Å². The van der Waals surface area contributed by atoms with Crippen molar-refractivity contribution < 1.29 is 22.7 Å². The molecule has 1 aliphatic rings. The van der Waals surface area contributed by atoms with Gasteiger partial charge in [0.05, 0.1) is 17.4 Å². The largest absolute Gasteiger partial charge is 0.494 e. The van der Waals surface area contributed by atoms with Gasteiger partial charge >= 0.3 is 5.97 Å². The first-order valence-electron chi connectivity index (χ1n) is 9.52. The topological polar surface area (TPSA) is 72.9 Å². The van der Waals surface area contributed by atoms with E-state index in [2.05, 4.69) is 0 Å². The van der Waals surface area contributed by atoms with Gasteiger partial charge in [-0.15, -0.1) is 0 Å². The van der Waals surface area contributed by atoms with E-state index in [4.69, 9.17) is 21.1 Å². The summed E-state index contributed by atoms with van der Waals surface area (Å²) in [6, 6.07) is 11.4. The van der Waals surface area contributed by atoms with Gasteiger partial charge in [-0.05, 0) is 74.7 Å². The molecular formula is C21H24ClNO5S. The Morgan fingerprint density at radius 2 is 1.72 bits per heavy atom. The highest BCUT2D eigenvalue weighted by Gasteiger charge is 2.33. The molecule has 0 aromatic heterocycles. The van der Waals surface area contributed by atoms with E-state index in [1.54, 1.807) is 42.5 Å². The second-order valence-electron chi connectivity index (χ2n) is 6.91. The number of nitrogens with zero attached hydrogens (tertiary/aromatic N) is 1. The zero-order valence-corrected chi connectivity index (χ0v) is 18.0. The summed E-state index contributed by atoms with van der Waals surface area (Å²) in [7, 11) is -3.60. The molecule has 0 radical (unpaired) electrons. The molecule has 0 unspecified atom stereocenters.